The Bertz CT molecular complexity index is 606. The van der Waals surface area contributed by atoms with Crippen molar-refractivity contribution < 1.29 is 9.53 Å². The molecule has 8 heteroatoms. The minimum Gasteiger partial charge on any atom is -0.473 e. The first-order valence-corrected chi connectivity index (χ1v) is 8.66. The zero-order chi connectivity index (χ0) is 17.1. The Morgan fingerprint density at radius 1 is 1.35 bits per heavy atom. The zero-order valence-corrected chi connectivity index (χ0v) is 15.3. The summed E-state index contributed by atoms with van der Waals surface area (Å²) < 4.78 is 6.54. The van der Waals surface area contributed by atoms with E-state index < -0.39 is 0 Å². The van der Waals surface area contributed by atoms with Crippen LogP contribution in [0, 0.1) is 0 Å². The molecule has 2 aromatic rings. The summed E-state index contributed by atoms with van der Waals surface area (Å²) in [6.45, 7) is 0.497. The maximum absolute atomic E-state index is 8.94. The first kappa shape index (κ1) is 19.3. The molecule has 0 bridgehead atoms. The van der Waals surface area contributed by atoms with Crippen molar-refractivity contribution >= 4 is 39.8 Å². The lowest BCUT2D eigenvalue weighted by Gasteiger charge is -2.13. The summed E-state index contributed by atoms with van der Waals surface area (Å²) in [4.78, 5) is 14.4. The molecule has 0 atom stereocenters. The molecule has 124 valence electrons. The van der Waals surface area contributed by atoms with E-state index in [-0.39, 0.29) is 0 Å². The molecule has 0 radical (unpaired) electrons. The fourth-order valence-corrected chi connectivity index (χ4v) is 2.71. The minimum absolute atomic E-state index is 0.403. The number of halogens is 1. The number of hydrogen-bond donors (Lipinski definition) is 3. The Morgan fingerprint density at radius 3 is 2.61 bits per heavy atom. The van der Waals surface area contributed by atoms with E-state index in [2.05, 4.69) is 44.4 Å². The van der Waals surface area contributed by atoms with Gasteiger partial charge in [0, 0.05) is 29.3 Å². The number of nitrogens with one attached hydrogen (secondary N) is 2. The number of pyridine rings is 1. The van der Waals surface area contributed by atoms with Gasteiger partial charge in [0.05, 0.1) is 0 Å². The largest absolute Gasteiger partial charge is 0.473 e. The maximum Gasteiger partial charge on any atom is 0.221 e. The van der Waals surface area contributed by atoms with Crippen LogP contribution in [0.5, 0.6) is 5.88 Å². The van der Waals surface area contributed by atoms with Crippen LogP contribution >= 0.6 is 27.7 Å². The lowest BCUT2D eigenvalue weighted by Crippen LogP contribution is -2.18. The number of hydrogen-bond acceptors (Lipinski definition) is 6. The third-order valence-corrected chi connectivity index (χ3v) is 4.01. The summed E-state index contributed by atoms with van der Waals surface area (Å²) in [6, 6.07) is 11.8. The van der Waals surface area contributed by atoms with Crippen LogP contribution in [0.15, 0.2) is 45.9 Å². The molecule has 6 nitrogen and oxygen atoms in total. The second kappa shape index (κ2) is 10.9. The van der Waals surface area contributed by atoms with Crippen molar-refractivity contribution in [2.24, 2.45) is 5.84 Å². The number of nitrogens with zero attached hydrogens (tertiary/aromatic N) is 1. The highest BCUT2D eigenvalue weighted by Crippen LogP contribution is 2.28. The molecule has 0 aliphatic rings. The molecule has 0 aliphatic heterocycles. The van der Waals surface area contributed by atoms with Crippen molar-refractivity contribution in [1.82, 2.24) is 10.4 Å². The van der Waals surface area contributed by atoms with Crippen molar-refractivity contribution in [3.8, 4) is 5.88 Å². The highest BCUT2D eigenvalue weighted by atomic mass is 79.9. The van der Waals surface area contributed by atoms with Crippen molar-refractivity contribution in [2.45, 2.75) is 11.5 Å². The summed E-state index contributed by atoms with van der Waals surface area (Å²) in [7, 11) is 1.92. The van der Waals surface area contributed by atoms with Gasteiger partial charge in [0.2, 0.25) is 12.3 Å². The highest BCUT2D eigenvalue weighted by molar-refractivity contribution is 9.10. The first-order chi connectivity index (χ1) is 11.2. The number of hydrazine groups is 1. The van der Waals surface area contributed by atoms with E-state index in [1.54, 1.807) is 17.2 Å². The van der Waals surface area contributed by atoms with Gasteiger partial charge in [-0.1, -0.05) is 12.1 Å². The number of carbonyl (C=O) groups is 1. The predicted octanol–water partition coefficient (Wildman–Crippen LogP) is 2.79. The Hall–Kier alpha value is -1.77. The number of nitrogens with two attached hydrogens (primary N) is 1. The van der Waals surface area contributed by atoms with E-state index in [1.807, 2.05) is 37.4 Å². The molecular formula is C15H19BrN4O2S. The number of carbonyl (C=O) groups excluding carboxylic acids is 1. The second-order valence-electron chi connectivity index (χ2n) is 4.11. The van der Waals surface area contributed by atoms with Gasteiger partial charge in [-0.2, -0.15) is 0 Å². The molecule has 2 rings (SSSR count). The average molecular weight is 399 g/mol. The fourth-order valence-electron chi connectivity index (χ4n) is 1.76. The number of ether oxygens (including phenoxy) is 1. The third kappa shape index (κ3) is 6.47. The number of thioether (sulfide) groups is 1. The molecule has 23 heavy (non-hydrogen) atoms. The Morgan fingerprint density at radius 2 is 2.04 bits per heavy atom. The smallest absolute Gasteiger partial charge is 0.221 e. The third-order valence-electron chi connectivity index (χ3n) is 2.74. The first-order valence-electron chi connectivity index (χ1n) is 6.65. The highest BCUT2D eigenvalue weighted by Gasteiger charge is 2.08. The number of benzene rings is 1. The molecule has 1 aromatic heterocycles. The molecule has 0 spiro atoms. The Labute approximate surface area is 148 Å². The van der Waals surface area contributed by atoms with Gasteiger partial charge in [-0.15, -0.1) is 11.8 Å². The van der Waals surface area contributed by atoms with Gasteiger partial charge in [0.25, 0.3) is 0 Å². The van der Waals surface area contributed by atoms with Gasteiger partial charge in [0.1, 0.15) is 11.2 Å². The SMILES string of the molecule is CNc1cccc(SC)c1COc1cccc(Br)n1.NNC=O. The normalized spacial score (nSPS) is 9.39. The topological polar surface area (TPSA) is 89.3 Å². The van der Waals surface area contributed by atoms with Crippen molar-refractivity contribution in [3.63, 3.8) is 0 Å². The van der Waals surface area contributed by atoms with Crippen molar-refractivity contribution in [2.75, 3.05) is 18.6 Å². The number of rotatable bonds is 6. The lowest BCUT2D eigenvalue weighted by atomic mass is 10.2. The molecule has 0 saturated carbocycles. The average Bonchev–Trinajstić information content (AvgIpc) is 2.59. The van der Waals surface area contributed by atoms with E-state index >= 15 is 0 Å². The van der Waals surface area contributed by atoms with Crippen molar-refractivity contribution in [3.05, 3.63) is 46.6 Å². The van der Waals surface area contributed by atoms with E-state index in [4.69, 9.17) is 9.53 Å². The summed E-state index contributed by atoms with van der Waals surface area (Å²) in [5, 5.41) is 3.19. The molecule has 0 aliphatic carbocycles. The molecule has 1 heterocycles. The molecule has 0 unspecified atom stereocenters. The minimum atomic E-state index is 0.403. The van der Waals surface area contributed by atoms with Gasteiger partial charge >= 0.3 is 0 Å². The summed E-state index contributed by atoms with van der Waals surface area (Å²) in [6.07, 6.45) is 2.47. The van der Waals surface area contributed by atoms with E-state index in [1.165, 1.54) is 4.90 Å². The zero-order valence-electron chi connectivity index (χ0n) is 12.9. The van der Waals surface area contributed by atoms with Gasteiger partial charge in [-0.25, -0.2) is 10.8 Å². The number of amides is 1. The maximum atomic E-state index is 8.94. The van der Waals surface area contributed by atoms with E-state index in [9.17, 15) is 0 Å². The van der Waals surface area contributed by atoms with Gasteiger partial charge in [0.15, 0.2) is 0 Å². The van der Waals surface area contributed by atoms with Crippen molar-refractivity contribution in [1.29, 1.82) is 0 Å². The molecule has 1 aromatic carbocycles. The van der Waals surface area contributed by atoms with Gasteiger partial charge < -0.3 is 10.1 Å². The molecule has 1 amide bonds. The van der Waals surface area contributed by atoms with Crippen LogP contribution in [0.25, 0.3) is 0 Å². The molecule has 0 saturated heterocycles. The molecular weight excluding hydrogens is 380 g/mol. The van der Waals surface area contributed by atoms with Crippen LogP contribution < -0.4 is 21.3 Å². The van der Waals surface area contributed by atoms with Crippen LogP contribution in [0.2, 0.25) is 0 Å². The number of aromatic nitrogens is 1. The fraction of sp³-hybridized carbons (Fsp3) is 0.200. The van der Waals surface area contributed by atoms with Crippen LogP contribution in [-0.2, 0) is 11.4 Å². The van der Waals surface area contributed by atoms with Crippen LogP contribution in [0.3, 0.4) is 0 Å². The summed E-state index contributed by atoms with van der Waals surface area (Å²) in [5.41, 5.74) is 3.99. The van der Waals surface area contributed by atoms with Gasteiger partial charge in [-0.3, -0.25) is 10.2 Å². The Balaban J connectivity index is 0.000000593. The standard InChI is InChI=1S/C14H15BrN2OS.CH4N2O/c1-16-11-5-3-6-12(19-2)10(11)9-18-14-8-4-7-13(15)17-14;2-3-1-4/h3-8,16H,9H2,1-2H3;1H,2H2,(H,3,4). The summed E-state index contributed by atoms with van der Waals surface area (Å²) in [5.74, 6) is 5.03. The Kier molecular flexibility index (Phi) is 9.11. The van der Waals surface area contributed by atoms with Crippen LogP contribution in [0.1, 0.15) is 5.56 Å². The van der Waals surface area contributed by atoms with Crippen LogP contribution in [-0.4, -0.2) is 24.7 Å². The monoisotopic (exact) mass is 398 g/mol. The van der Waals surface area contributed by atoms with E-state index in [0.717, 1.165) is 15.9 Å². The van der Waals surface area contributed by atoms with Crippen LogP contribution in [0.4, 0.5) is 5.69 Å². The molecule has 4 N–H and O–H groups in total. The summed E-state index contributed by atoms with van der Waals surface area (Å²) >= 11 is 5.05. The lowest BCUT2D eigenvalue weighted by molar-refractivity contribution is -0.109. The molecule has 0 fully saturated rings. The number of anilines is 1. The van der Waals surface area contributed by atoms with Gasteiger partial charge in [-0.05, 0) is 40.4 Å². The quantitative estimate of drug-likeness (QED) is 0.173. The van der Waals surface area contributed by atoms with E-state index in [0.29, 0.717) is 18.9 Å². The predicted molar refractivity (Wildman–Crippen MR) is 97.4 cm³/mol. The second-order valence-corrected chi connectivity index (χ2v) is 5.77.